The third-order valence-electron chi connectivity index (χ3n) is 2.09. The number of aldehydes is 1. The summed E-state index contributed by atoms with van der Waals surface area (Å²) in [6.07, 6.45) is 0.399. The van der Waals surface area contributed by atoms with Gasteiger partial charge in [0.25, 0.3) is 5.92 Å². The van der Waals surface area contributed by atoms with Crippen LogP contribution in [0.15, 0.2) is 11.3 Å². The van der Waals surface area contributed by atoms with Crippen LogP contribution in [0.4, 0.5) is 8.78 Å². The molecule has 4 nitrogen and oxygen atoms in total. The molecule has 0 aromatic rings. The first-order valence-electron chi connectivity index (χ1n) is 3.97. The van der Waals surface area contributed by atoms with Crippen molar-refractivity contribution in [2.24, 2.45) is 11.7 Å². The van der Waals surface area contributed by atoms with Gasteiger partial charge in [0, 0.05) is 5.92 Å². The molecule has 1 aliphatic carbocycles. The van der Waals surface area contributed by atoms with Crippen molar-refractivity contribution >= 4 is 12.3 Å². The fraction of sp³-hybridized carbons (Fsp3) is 0.500. The fourth-order valence-electron chi connectivity index (χ4n) is 1.10. The maximum atomic E-state index is 13.3. The molecular formula is C8H9F2NO3. The number of carboxylic acids is 1. The van der Waals surface area contributed by atoms with E-state index in [9.17, 15) is 18.4 Å². The van der Waals surface area contributed by atoms with E-state index in [1.165, 1.54) is 0 Å². The molecule has 0 amide bonds. The van der Waals surface area contributed by atoms with Gasteiger partial charge in [-0.15, -0.1) is 0 Å². The molecule has 1 fully saturated rings. The van der Waals surface area contributed by atoms with Gasteiger partial charge in [0.15, 0.2) is 6.29 Å². The smallest absolute Gasteiger partial charge is 0.352 e. The van der Waals surface area contributed by atoms with E-state index in [0.717, 1.165) is 0 Å². The Kier molecular flexibility index (Phi) is 2.55. The zero-order chi connectivity index (χ0) is 10.9. The molecule has 0 aromatic heterocycles. The quantitative estimate of drug-likeness (QED) is 0.518. The summed E-state index contributed by atoms with van der Waals surface area (Å²) >= 11 is 0. The van der Waals surface area contributed by atoms with Crippen molar-refractivity contribution in [1.29, 1.82) is 0 Å². The average Bonchev–Trinajstić information content (AvgIpc) is 2.86. The van der Waals surface area contributed by atoms with Gasteiger partial charge in [0.1, 0.15) is 5.70 Å². The van der Waals surface area contributed by atoms with Crippen molar-refractivity contribution in [3.63, 3.8) is 0 Å². The molecular weight excluding hydrogens is 196 g/mol. The Balaban J connectivity index is 3.06. The molecule has 1 saturated carbocycles. The number of carbonyl (C=O) groups excluding carboxylic acids is 1. The Morgan fingerprint density at radius 1 is 1.50 bits per heavy atom. The Bertz CT molecular complexity index is 308. The summed E-state index contributed by atoms with van der Waals surface area (Å²) in [5, 5.41) is 8.37. The minimum Gasteiger partial charge on any atom is -0.477 e. The number of halogens is 2. The average molecular weight is 205 g/mol. The molecule has 0 aromatic carbocycles. The SMILES string of the molecule is NC(C(=O)O)=C(C=O)C(F)(F)C1CC1. The van der Waals surface area contributed by atoms with Crippen LogP contribution in [0.2, 0.25) is 0 Å². The maximum Gasteiger partial charge on any atom is 0.352 e. The van der Waals surface area contributed by atoms with Gasteiger partial charge < -0.3 is 10.8 Å². The summed E-state index contributed by atoms with van der Waals surface area (Å²) in [5.74, 6) is -6.06. The third kappa shape index (κ3) is 1.73. The summed E-state index contributed by atoms with van der Waals surface area (Å²) in [5.41, 5.74) is 2.70. The summed E-state index contributed by atoms with van der Waals surface area (Å²) in [6, 6.07) is 0. The van der Waals surface area contributed by atoms with E-state index < -0.39 is 29.1 Å². The van der Waals surface area contributed by atoms with Gasteiger partial charge in [-0.2, -0.15) is 0 Å². The second-order valence-electron chi connectivity index (χ2n) is 3.15. The van der Waals surface area contributed by atoms with Crippen LogP contribution in [0, 0.1) is 5.92 Å². The molecule has 0 atom stereocenters. The lowest BCUT2D eigenvalue weighted by Gasteiger charge is -2.15. The Labute approximate surface area is 78.4 Å². The lowest BCUT2D eigenvalue weighted by atomic mass is 10.0. The molecule has 0 unspecified atom stereocenters. The van der Waals surface area contributed by atoms with Crippen LogP contribution < -0.4 is 5.73 Å². The standard InChI is InChI=1S/C8H9F2NO3/c9-8(10,4-1-2-4)5(3-12)6(11)7(13)14/h3-4H,1-2,11H2,(H,13,14). The van der Waals surface area contributed by atoms with Crippen molar-refractivity contribution in [2.45, 2.75) is 18.8 Å². The van der Waals surface area contributed by atoms with Crippen molar-refractivity contribution in [2.75, 3.05) is 0 Å². The maximum absolute atomic E-state index is 13.3. The van der Waals surface area contributed by atoms with Gasteiger partial charge in [-0.25, -0.2) is 13.6 Å². The molecule has 0 radical (unpaired) electrons. The second-order valence-corrected chi connectivity index (χ2v) is 3.15. The zero-order valence-corrected chi connectivity index (χ0v) is 7.17. The molecule has 0 bridgehead atoms. The van der Waals surface area contributed by atoms with Crippen molar-refractivity contribution < 1.29 is 23.5 Å². The van der Waals surface area contributed by atoms with E-state index in [1.807, 2.05) is 0 Å². The highest BCUT2D eigenvalue weighted by Crippen LogP contribution is 2.47. The molecule has 6 heteroatoms. The van der Waals surface area contributed by atoms with Gasteiger partial charge in [-0.1, -0.05) is 0 Å². The van der Waals surface area contributed by atoms with E-state index in [1.54, 1.807) is 0 Å². The highest BCUT2D eigenvalue weighted by Gasteiger charge is 2.51. The van der Waals surface area contributed by atoms with Crippen LogP contribution in [0.1, 0.15) is 12.8 Å². The number of alkyl halides is 2. The lowest BCUT2D eigenvalue weighted by Crippen LogP contribution is -2.29. The number of allylic oxidation sites excluding steroid dienone is 1. The van der Waals surface area contributed by atoms with Crippen LogP contribution in [0.3, 0.4) is 0 Å². The van der Waals surface area contributed by atoms with E-state index in [2.05, 4.69) is 0 Å². The molecule has 3 N–H and O–H groups in total. The number of hydrogen-bond acceptors (Lipinski definition) is 3. The lowest BCUT2D eigenvalue weighted by molar-refractivity contribution is -0.133. The molecule has 1 aliphatic rings. The van der Waals surface area contributed by atoms with Gasteiger partial charge in [0.05, 0.1) is 5.57 Å². The molecule has 14 heavy (non-hydrogen) atoms. The topological polar surface area (TPSA) is 80.4 Å². The minimum absolute atomic E-state index is 0.179. The van der Waals surface area contributed by atoms with Crippen LogP contribution in [-0.2, 0) is 9.59 Å². The first-order chi connectivity index (χ1) is 6.41. The normalized spacial score (nSPS) is 18.7. The molecule has 0 spiro atoms. The van der Waals surface area contributed by atoms with Crippen molar-refractivity contribution in [3.05, 3.63) is 11.3 Å². The van der Waals surface area contributed by atoms with Gasteiger partial charge in [0.2, 0.25) is 0 Å². The number of carbonyl (C=O) groups is 2. The largest absolute Gasteiger partial charge is 0.477 e. The molecule has 0 heterocycles. The third-order valence-corrected chi connectivity index (χ3v) is 2.09. The predicted octanol–water partition coefficient (Wildman–Crippen LogP) is 0.528. The molecule has 0 saturated heterocycles. The number of rotatable bonds is 4. The van der Waals surface area contributed by atoms with E-state index in [4.69, 9.17) is 10.8 Å². The van der Waals surface area contributed by atoms with Crippen LogP contribution in [0.5, 0.6) is 0 Å². The van der Waals surface area contributed by atoms with Gasteiger partial charge in [-0.05, 0) is 12.8 Å². The predicted molar refractivity (Wildman–Crippen MR) is 42.6 cm³/mol. The van der Waals surface area contributed by atoms with Crippen molar-refractivity contribution in [3.8, 4) is 0 Å². The van der Waals surface area contributed by atoms with Gasteiger partial charge in [-0.3, -0.25) is 4.79 Å². The van der Waals surface area contributed by atoms with E-state index in [0.29, 0.717) is 0 Å². The van der Waals surface area contributed by atoms with Gasteiger partial charge >= 0.3 is 5.97 Å². The van der Waals surface area contributed by atoms with Crippen LogP contribution >= 0.6 is 0 Å². The summed E-state index contributed by atoms with van der Waals surface area (Å²) in [4.78, 5) is 20.7. The monoisotopic (exact) mass is 205 g/mol. The summed E-state index contributed by atoms with van der Waals surface area (Å²) in [6.45, 7) is 0. The zero-order valence-electron chi connectivity index (χ0n) is 7.17. The highest BCUT2D eigenvalue weighted by atomic mass is 19.3. The molecule has 0 aliphatic heterocycles. The molecule has 78 valence electrons. The summed E-state index contributed by atoms with van der Waals surface area (Å²) in [7, 11) is 0. The van der Waals surface area contributed by atoms with E-state index in [-0.39, 0.29) is 19.1 Å². The minimum atomic E-state index is -3.41. The number of nitrogens with two attached hydrogens (primary N) is 1. The Morgan fingerprint density at radius 2 is 2.00 bits per heavy atom. The highest BCUT2D eigenvalue weighted by molar-refractivity contribution is 5.94. The first kappa shape index (κ1) is 10.6. The fourth-order valence-corrected chi connectivity index (χ4v) is 1.10. The number of carboxylic acid groups (broad SMARTS) is 1. The van der Waals surface area contributed by atoms with Crippen LogP contribution in [-0.4, -0.2) is 23.3 Å². The Hall–Kier alpha value is -1.46. The van der Waals surface area contributed by atoms with E-state index >= 15 is 0 Å². The summed E-state index contributed by atoms with van der Waals surface area (Å²) < 4.78 is 26.5. The van der Waals surface area contributed by atoms with Crippen LogP contribution in [0.25, 0.3) is 0 Å². The number of hydrogen-bond donors (Lipinski definition) is 2. The molecule has 1 rings (SSSR count). The second kappa shape index (κ2) is 3.36. The number of aliphatic carboxylic acids is 1. The Morgan fingerprint density at radius 3 is 2.29 bits per heavy atom. The van der Waals surface area contributed by atoms with Crippen molar-refractivity contribution in [1.82, 2.24) is 0 Å². The first-order valence-corrected chi connectivity index (χ1v) is 3.97.